The summed E-state index contributed by atoms with van der Waals surface area (Å²) in [6, 6.07) is 1.21. The van der Waals surface area contributed by atoms with Gasteiger partial charge in [0, 0.05) is 29.8 Å². The van der Waals surface area contributed by atoms with Crippen LogP contribution in [0.1, 0.15) is 30.6 Å². The van der Waals surface area contributed by atoms with Crippen molar-refractivity contribution >= 4 is 23.7 Å². The van der Waals surface area contributed by atoms with E-state index in [1.54, 1.807) is 5.38 Å². The van der Waals surface area contributed by atoms with Gasteiger partial charge in [-0.05, 0) is 24.8 Å². The Morgan fingerprint density at radius 3 is 2.48 bits per heavy atom. The van der Waals surface area contributed by atoms with Crippen molar-refractivity contribution < 1.29 is 31.4 Å². The summed E-state index contributed by atoms with van der Waals surface area (Å²) in [5.74, 6) is -0.826. The number of aliphatic imine (C=N–C) groups is 1. The van der Waals surface area contributed by atoms with Gasteiger partial charge in [0.2, 0.25) is 0 Å². The van der Waals surface area contributed by atoms with Crippen LogP contribution in [-0.4, -0.2) is 31.6 Å². The number of ether oxygens (including phenoxy) is 2. The largest absolute Gasteiger partial charge is 0.573 e. The summed E-state index contributed by atoms with van der Waals surface area (Å²) in [5.41, 5.74) is 0.105. The summed E-state index contributed by atoms with van der Waals surface area (Å²) in [6.45, 7) is 5.14. The lowest BCUT2D eigenvalue weighted by Gasteiger charge is -2.24. The van der Waals surface area contributed by atoms with Crippen molar-refractivity contribution in [2.24, 2.45) is 4.99 Å². The zero-order valence-corrected chi connectivity index (χ0v) is 15.3. The fourth-order valence-corrected chi connectivity index (χ4v) is 3.41. The third kappa shape index (κ3) is 4.81. The van der Waals surface area contributed by atoms with E-state index in [2.05, 4.69) is 21.4 Å². The van der Waals surface area contributed by atoms with Crippen LogP contribution in [0, 0.1) is 0 Å². The Balaban J connectivity index is 2.86. The van der Waals surface area contributed by atoms with Crippen LogP contribution >= 0.6 is 11.3 Å². The molecule has 27 heavy (non-hydrogen) atoms. The molecule has 0 radical (unpaired) electrons. The zero-order valence-electron chi connectivity index (χ0n) is 14.5. The monoisotopic (exact) mass is 408 g/mol. The predicted molar refractivity (Wildman–Crippen MR) is 93.2 cm³/mol. The molecule has 1 aromatic heterocycles. The first-order valence-corrected chi connectivity index (χ1v) is 8.74. The maximum atomic E-state index is 13.4. The van der Waals surface area contributed by atoms with Crippen molar-refractivity contribution in [1.29, 1.82) is 0 Å². The molecule has 1 unspecified atom stereocenters. The zero-order chi connectivity index (χ0) is 20.2. The lowest BCUT2D eigenvalue weighted by molar-refractivity contribution is -0.275. The Kier molecular flexibility index (Phi) is 6.88. The summed E-state index contributed by atoms with van der Waals surface area (Å²) in [6.07, 6.45) is -7.68. The van der Waals surface area contributed by atoms with Crippen LogP contribution in [0.25, 0.3) is 10.6 Å². The van der Waals surface area contributed by atoms with Gasteiger partial charge in [0.15, 0.2) is 5.75 Å². The Bertz CT molecular complexity index is 779. The number of aromatic nitrogens is 1. The van der Waals surface area contributed by atoms with Gasteiger partial charge in [-0.15, -0.1) is 24.5 Å². The van der Waals surface area contributed by atoms with Gasteiger partial charge in [0.25, 0.3) is 6.43 Å². The van der Waals surface area contributed by atoms with Gasteiger partial charge in [0.05, 0.1) is 0 Å². The van der Waals surface area contributed by atoms with Crippen LogP contribution in [0.5, 0.6) is 5.75 Å². The van der Waals surface area contributed by atoms with E-state index in [0.29, 0.717) is 29.0 Å². The molecule has 0 spiro atoms. The van der Waals surface area contributed by atoms with E-state index in [1.165, 1.54) is 23.6 Å². The van der Waals surface area contributed by atoms with Gasteiger partial charge in [0.1, 0.15) is 16.8 Å². The number of alkyl halides is 5. The van der Waals surface area contributed by atoms with Crippen molar-refractivity contribution in [2.45, 2.75) is 38.7 Å². The number of nitrogens with zero attached hydrogens (tertiary/aromatic N) is 2. The van der Waals surface area contributed by atoms with Crippen LogP contribution in [-0.2, 0) is 11.2 Å². The van der Waals surface area contributed by atoms with E-state index in [9.17, 15) is 22.0 Å². The first-order chi connectivity index (χ1) is 12.7. The van der Waals surface area contributed by atoms with E-state index in [0.717, 1.165) is 7.11 Å². The second-order valence-electron chi connectivity index (χ2n) is 5.45. The molecule has 0 saturated heterocycles. The van der Waals surface area contributed by atoms with Crippen molar-refractivity contribution in [3.8, 4) is 16.3 Å². The summed E-state index contributed by atoms with van der Waals surface area (Å²) >= 11 is 1.23. The average Bonchev–Trinajstić information content (AvgIpc) is 3.10. The van der Waals surface area contributed by atoms with E-state index in [4.69, 9.17) is 4.74 Å². The summed E-state index contributed by atoms with van der Waals surface area (Å²) < 4.78 is 74.6. The van der Waals surface area contributed by atoms with E-state index in [1.807, 2.05) is 6.92 Å². The van der Waals surface area contributed by atoms with Crippen LogP contribution < -0.4 is 4.74 Å². The second-order valence-corrected chi connectivity index (χ2v) is 6.35. The number of thiazole rings is 1. The van der Waals surface area contributed by atoms with Crippen LogP contribution in [0.15, 0.2) is 22.6 Å². The molecule has 1 heterocycles. The molecule has 0 aliphatic rings. The van der Waals surface area contributed by atoms with E-state index >= 15 is 0 Å². The highest BCUT2D eigenvalue weighted by Gasteiger charge is 2.38. The van der Waals surface area contributed by atoms with Crippen LogP contribution in [0.2, 0.25) is 0 Å². The number of benzene rings is 1. The van der Waals surface area contributed by atoms with Gasteiger partial charge in [-0.2, -0.15) is 0 Å². The van der Waals surface area contributed by atoms with Gasteiger partial charge >= 0.3 is 6.36 Å². The quantitative estimate of drug-likeness (QED) is 0.401. The molecule has 2 aromatic rings. The Morgan fingerprint density at radius 2 is 2.04 bits per heavy atom. The molecule has 0 amide bonds. The number of hydrogen-bond acceptors (Lipinski definition) is 5. The number of methoxy groups -OCH3 is 1. The third-order valence-corrected chi connectivity index (χ3v) is 4.52. The molecule has 0 aliphatic heterocycles. The maximum absolute atomic E-state index is 13.4. The molecule has 1 aromatic carbocycles. The highest BCUT2D eigenvalue weighted by molar-refractivity contribution is 7.13. The third-order valence-electron chi connectivity index (χ3n) is 3.72. The fourth-order valence-electron chi connectivity index (χ4n) is 2.73. The van der Waals surface area contributed by atoms with Crippen molar-refractivity contribution in [3.63, 3.8) is 0 Å². The normalized spacial score (nSPS) is 13.0. The maximum Gasteiger partial charge on any atom is 0.573 e. The van der Waals surface area contributed by atoms with Crippen molar-refractivity contribution in [2.75, 3.05) is 7.11 Å². The highest BCUT2D eigenvalue weighted by Crippen LogP contribution is 2.47. The first-order valence-electron chi connectivity index (χ1n) is 7.86. The lowest BCUT2D eigenvalue weighted by atomic mass is 9.94. The SMILES string of the molecule is C=Nc1c(CCC)c(-c2nccs2)cc(C(OC)C(F)F)c1OC(F)(F)F. The molecule has 1 atom stereocenters. The van der Waals surface area contributed by atoms with E-state index < -0.39 is 30.2 Å². The molecule has 4 nitrogen and oxygen atoms in total. The van der Waals surface area contributed by atoms with Gasteiger partial charge < -0.3 is 9.47 Å². The summed E-state index contributed by atoms with van der Waals surface area (Å²) in [4.78, 5) is 7.83. The minimum Gasteiger partial charge on any atom is -0.403 e. The minimum absolute atomic E-state index is 0.237. The molecular formula is C17H17F5N2O2S. The van der Waals surface area contributed by atoms with Gasteiger partial charge in [-0.1, -0.05) is 13.3 Å². The number of rotatable bonds is 8. The fraction of sp³-hybridized carbons (Fsp3) is 0.412. The Labute approximate surface area is 156 Å². The molecule has 0 saturated carbocycles. The first kappa shape index (κ1) is 21.2. The Hall–Kier alpha value is -2.07. The molecule has 0 bridgehead atoms. The molecular weight excluding hydrogens is 391 g/mol. The molecule has 148 valence electrons. The minimum atomic E-state index is -5.10. The molecule has 0 fully saturated rings. The topological polar surface area (TPSA) is 43.7 Å². The smallest absolute Gasteiger partial charge is 0.403 e. The molecule has 0 aliphatic carbocycles. The second kappa shape index (κ2) is 8.75. The molecule has 2 rings (SSSR count). The van der Waals surface area contributed by atoms with Gasteiger partial charge in [-0.25, -0.2) is 13.8 Å². The van der Waals surface area contributed by atoms with Gasteiger partial charge in [-0.3, -0.25) is 4.99 Å². The number of hydrogen-bond donors (Lipinski definition) is 0. The van der Waals surface area contributed by atoms with Crippen LogP contribution in [0.4, 0.5) is 27.6 Å². The summed E-state index contributed by atoms with van der Waals surface area (Å²) in [5, 5.41) is 2.14. The molecule has 0 N–H and O–H groups in total. The average molecular weight is 408 g/mol. The molecule has 10 heteroatoms. The predicted octanol–water partition coefficient (Wildman–Crippen LogP) is 5.95. The highest BCUT2D eigenvalue weighted by atomic mass is 32.1. The lowest BCUT2D eigenvalue weighted by Crippen LogP contribution is -2.21. The Morgan fingerprint density at radius 1 is 1.33 bits per heavy atom. The van der Waals surface area contributed by atoms with Crippen molar-refractivity contribution in [3.05, 3.63) is 28.8 Å². The summed E-state index contributed by atoms with van der Waals surface area (Å²) in [7, 11) is 0.984. The van der Waals surface area contributed by atoms with Crippen molar-refractivity contribution in [1.82, 2.24) is 4.98 Å². The number of halogens is 5. The van der Waals surface area contributed by atoms with E-state index in [-0.39, 0.29) is 5.69 Å². The standard InChI is InChI=1S/C17H17F5N2O2S/c1-4-5-9-10(16-24-6-7-27-16)8-11(14(25-3)15(18)19)13(12(9)23-2)26-17(20,21)22/h6-8,14-15H,2,4-5H2,1,3H3. The van der Waals surface area contributed by atoms with Crippen LogP contribution in [0.3, 0.4) is 0 Å².